The van der Waals surface area contributed by atoms with Gasteiger partial charge in [0.2, 0.25) is 5.91 Å². The first-order valence-electron chi connectivity index (χ1n) is 10.2. The van der Waals surface area contributed by atoms with E-state index in [4.69, 9.17) is 0 Å². The number of hydrogen-bond acceptors (Lipinski definition) is 5. The Labute approximate surface area is 181 Å². The number of rotatable bonds is 6. The lowest BCUT2D eigenvalue weighted by Gasteiger charge is -2.23. The van der Waals surface area contributed by atoms with Crippen molar-refractivity contribution in [1.82, 2.24) is 25.0 Å². The minimum Gasteiger partial charge on any atom is -0.378 e. The number of aromatic nitrogens is 3. The van der Waals surface area contributed by atoms with Gasteiger partial charge < -0.3 is 15.1 Å². The summed E-state index contributed by atoms with van der Waals surface area (Å²) in [5, 5.41) is 7.09. The molecule has 31 heavy (non-hydrogen) atoms. The van der Waals surface area contributed by atoms with Crippen LogP contribution >= 0.6 is 0 Å². The van der Waals surface area contributed by atoms with E-state index in [0.717, 1.165) is 22.5 Å². The van der Waals surface area contributed by atoms with Crippen LogP contribution in [0.3, 0.4) is 0 Å². The van der Waals surface area contributed by atoms with Gasteiger partial charge in [0.05, 0.1) is 11.4 Å². The number of amides is 2. The molecule has 0 saturated heterocycles. The summed E-state index contributed by atoms with van der Waals surface area (Å²) in [6, 6.07) is 13.0. The van der Waals surface area contributed by atoms with Crippen molar-refractivity contribution in [2.24, 2.45) is 7.05 Å². The molecule has 1 atom stereocenters. The maximum Gasteiger partial charge on any atom is 0.273 e. The highest BCUT2D eigenvalue weighted by molar-refractivity contribution is 5.99. The lowest BCUT2D eigenvalue weighted by molar-refractivity contribution is -0.125. The molecule has 0 unspecified atom stereocenters. The van der Waals surface area contributed by atoms with E-state index in [0.29, 0.717) is 24.5 Å². The molecule has 0 spiro atoms. The zero-order valence-electron chi connectivity index (χ0n) is 18.2. The van der Waals surface area contributed by atoms with Crippen molar-refractivity contribution in [3.8, 4) is 11.4 Å². The van der Waals surface area contributed by atoms with E-state index in [1.165, 1.54) is 0 Å². The number of nitrogens with zero attached hydrogens (tertiary/aromatic N) is 5. The van der Waals surface area contributed by atoms with Crippen LogP contribution in [0.5, 0.6) is 0 Å². The maximum atomic E-state index is 13.0. The van der Waals surface area contributed by atoms with Crippen LogP contribution in [0.4, 0.5) is 5.69 Å². The normalized spacial score (nSPS) is 13.8. The first kappa shape index (κ1) is 20.6. The average Bonchev–Trinajstić information content (AvgIpc) is 3.34. The van der Waals surface area contributed by atoms with E-state index in [9.17, 15) is 9.59 Å². The SMILES string of the molecule is C[C@H](C(=O)NCc1ccc(N(C)C)cc1)N1Cc2ccc(-c3ccnn3C)nc2C1=O. The number of aryl methyl sites for hydroxylation is 1. The van der Waals surface area contributed by atoms with Gasteiger partial charge in [-0.1, -0.05) is 18.2 Å². The van der Waals surface area contributed by atoms with Crippen LogP contribution in [0.1, 0.15) is 28.5 Å². The molecular formula is C23H26N6O2. The summed E-state index contributed by atoms with van der Waals surface area (Å²) in [4.78, 5) is 33.9. The van der Waals surface area contributed by atoms with E-state index in [-0.39, 0.29) is 11.8 Å². The van der Waals surface area contributed by atoms with E-state index in [1.807, 2.05) is 68.5 Å². The molecule has 1 aliphatic heterocycles. The third-order valence-corrected chi connectivity index (χ3v) is 5.63. The van der Waals surface area contributed by atoms with Gasteiger partial charge in [-0.3, -0.25) is 14.3 Å². The summed E-state index contributed by atoms with van der Waals surface area (Å²) in [5.41, 5.74) is 4.85. The molecule has 0 aliphatic carbocycles. The molecule has 1 N–H and O–H groups in total. The van der Waals surface area contributed by atoms with Gasteiger partial charge in [-0.05, 0) is 36.8 Å². The van der Waals surface area contributed by atoms with Gasteiger partial charge >= 0.3 is 0 Å². The average molecular weight is 419 g/mol. The number of carbonyl (C=O) groups excluding carboxylic acids is 2. The van der Waals surface area contributed by atoms with Crippen LogP contribution in [0.25, 0.3) is 11.4 Å². The monoisotopic (exact) mass is 418 g/mol. The topological polar surface area (TPSA) is 83.4 Å². The van der Waals surface area contributed by atoms with Gasteiger partial charge in [-0.2, -0.15) is 5.10 Å². The fourth-order valence-electron chi connectivity index (χ4n) is 3.66. The maximum absolute atomic E-state index is 13.0. The van der Waals surface area contributed by atoms with E-state index in [1.54, 1.807) is 22.7 Å². The molecule has 1 aromatic carbocycles. The van der Waals surface area contributed by atoms with Gasteiger partial charge in [0.1, 0.15) is 11.7 Å². The quantitative estimate of drug-likeness (QED) is 0.664. The minimum atomic E-state index is -0.595. The highest BCUT2D eigenvalue weighted by Crippen LogP contribution is 2.26. The van der Waals surface area contributed by atoms with E-state index >= 15 is 0 Å². The van der Waals surface area contributed by atoms with Crippen LogP contribution in [0.15, 0.2) is 48.7 Å². The van der Waals surface area contributed by atoms with Gasteiger partial charge in [-0.25, -0.2) is 4.98 Å². The smallest absolute Gasteiger partial charge is 0.273 e. The number of benzene rings is 1. The molecule has 0 radical (unpaired) electrons. The van der Waals surface area contributed by atoms with Crippen molar-refractivity contribution in [1.29, 1.82) is 0 Å². The second-order valence-electron chi connectivity index (χ2n) is 7.93. The largest absolute Gasteiger partial charge is 0.378 e. The lowest BCUT2D eigenvalue weighted by Crippen LogP contribution is -2.45. The summed E-state index contributed by atoms with van der Waals surface area (Å²) < 4.78 is 1.72. The Morgan fingerprint density at radius 3 is 2.55 bits per heavy atom. The number of carbonyl (C=O) groups is 2. The zero-order chi connectivity index (χ0) is 22.1. The molecular weight excluding hydrogens is 392 g/mol. The Bertz CT molecular complexity index is 1120. The molecule has 8 heteroatoms. The Kier molecular flexibility index (Phi) is 5.46. The summed E-state index contributed by atoms with van der Waals surface area (Å²) in [6.45, 7) is 2.53. The second kappa shape index (κ2) is 8.22. The first-order valence-corrected chi connectivity index (χ1v) is 10.2. The second-order valence-corrected chi connectivity index (χ2v) is 7.93. The van der Waals surface area contributed by atoms with Gasteiger partial charge in [0.25, 0.3) is 5.91 Å². The lowest BCUT2D eigenvalue weighted by atomic mass is 10.2. The van der Waals surface area contributed by atoms with Crippen LogP contribution in [-0.4, -0.2) is 51.6 Å². The number of fused-ring (bicyclic) bond motifs is 1. The molecule has 4 rings (SSSR count). The molecule has 3 heterocycles. The summed E-state index contributed by atoms with van der Waals surface area (Å²) in [6.07, 6.45) is 1.69. The fraction of sp³-hybridized carbons (Fsp3) is 0.304. The Hall–Kier alpha value is -3.68. The minimum absolute atomic E-state index is 0.190. The summed E-state index contributed by atoms with van der Waals surface area (Å²) >= 11 is 0. The van der Waals surface area contributed by atoms with Gasteiger partial charge in [-0.15, -0.1) is 0 Å². The predicted octanol–water partition coefficient (Wildman–Crippen LogP) is 2.21. The highest BCUT2D eigenvalue weighted by Gasteiger charge is 2.35. The van der Waals surface area contributed by atoms with Crippen LogP contribution < -0.4 is 10.2 Å². The standard InChI is InChI=1S/C23H26N6O2/c1-15(22(30)24-13-16-5-8-18(9-6-16)27(2)3)29-14-17-7-10-19(26-21(17)23(29)31)20-11-12-25-28(20)4/h5-12,15H,13-14H2,1-4H3,(H,24,30)/t15-/m1/s1. The molecule has 2 amide bonds. The Morgan fingerprint density at radius 2 is 1.90 bits per heavy atom. The van der Waals surface area contributed by atoms with Crippen molar-refractivity contribution in [2.75, 3.05) is 19.0 Å². The number of nitrogens with one attached hydrogen (secondary N) is 1. The van der Waals surface area contributed by atoms with Gasteiger partial charge in [0, 0.05) is 51.7 Å². The molecule has 1 aliphatic rings. The number of hydrogen-bond donors (Lipinski definition) is 1. The molecule has 8 nitrogen and oxygen atoms in total. The van der Waals surface area contributed by atoms with E-state index in [2.05, 4.69) is 15.4 Å². The fourth-order valence-corrected chi connectivity index (χ4v) is 3.66. The first-order chi connectivity index (χ1) is 14.8. The number of pyridine rings is 1. The Balaban J connectivity index is 1.42. The van der Waals surface area contributed by atoms with Crippen molar-refractivity contribution < 1.29 is 9.59 Å². The molecule has 160 valence electrons. The Morgan fingerprint density at radius 1 is 1.16 bits per heavy atom. The number of anilines is 1. The van der Waals surface area contributed by atoms with Gasteiger partial charge in [0.15, 0.2) is 0 Å². The molecule has 3 aromatic rings. The van der Waals surface area contributed by atoms with E-state index < -0.39 is 6.04 Å². The molecule has 0 bridgehead atoms. The zero-order valence-corrected chi connectivity index (χ0v) is 18.2. The van der Waals surface area contributed by atoms with Crippen molar-refractivity contribution >= 4 is 17.5 Å². The molecule has 0 saturated carbocycles. The van der Waals surface area contributed by atoms with Crippen molar-refractivity contribution in [3.63, 3.8) is 0 Å². The predicted molar refractivity (Wildman–Crippen MR) is 118 cm³/mol. The third kappa shape index (κ3) is 4.01. The van der Waals surface area contributed by atoms with Crippen molar-refractivity contribution in [2.45, 2.75) is 26.1 Å². The summed E-state index contributed by atoms with van der Waals surface area (Å²) in [5.74, 6) is -0.415. The molecule has 2 aromatic heterocycles. The third-order valence-electron chi connectivity index (χ3n) is 5.63. The van der Waals surface area contributed by atoms with Crippen LogP contribution in [0, 0.1) is 0 Å². The summed E-state index contributed by atoms with van der Waals surface area (Å²) in [7, 11) is 5.80. The van der Waals surface area contributed by atoms with Crippen molar-refractivity contribution in [3.05, 3.63) is 65.5 Å². The highest BCUT2D eigenvalue weighted by atomic mass is 16.2. The molecule has 0 fully saturated rings. The van der Waals surface area contributed by atoms with Crippen LogP contribution in [0.2, 0.25) is 0 Å². The van der Waals surface area contributed by atoms with Crippen LogP contribution in [-0.2, 0) is 24.9 Å².